The number of hydrogen-bond donors (Lipinski definition) is 2. The lowest BCUT2D eigenvalue weighted by atomic mass is 10.2. The second-order valence-electron chi connectivity index (χ2n) is 6.56. The molecular weight excluding hydrogens is 498 g/mol. The Morgan fingerprint density at radius 3 is 2.43 bits per heavy atom. The first-order valence-corrected chi connectivity index (χ1v) is 9.70. The SMILES string of the molecule is CCN(Cc1ccccc1)C(=O)CNC(=NC)NCC(C)Oc1ccccc1F.I. The molecule has 0 aliphatic rings. The summed E-state index contributed by atoms with van der Waals surface area (Å²) in [5.74, 6) is 0.276. The van der Waals surface area contributed by atoms with Crippen LogP contribution in [0.15, 0.2) is 59.6 Å². The highest BCUT2D eigenvalue weighted by atomic mass is 127. The Kier molecular flexibility index (Phi) is 11.8. The monoisotopic (exact) mass is 528 g/mol. The first kappa shape index (κ1) is 25.7. The van der Waals surface area contributed by atoms with Crippen LogP contribution in [0.5, 0.6) is 5.75 Å². The van der Waals surface area contributed by atoms with Crippen molar-refractivity contribution in [1.82, 2.24) is 15.5 Å². The van der Waals surface area contributed by atoms with E-state index < -0.39 is 5.82 Å². The molecule has 0 saturated heterocycles. The average molecular weight is 528 g/mol. The number of guanidine groups is 1. The van der Waals surface area contributed by atoms with E-state index in [1.807, 2.05) is 44.2 Å². The third-order valence-corrected chi connectivity index (χ3v) is 4.30. The summed E-state index contributed by atoms with van der Waals surface area (Å²) in [6.45, 7) is 5.51. The van der Waals surface area contributed by atoms with E-state index in [0.717, 1.165) is 5.56 Å². The molecule has 0 aliphatic carbocycles. The van der Waals surface area contributed by atoms with E-state index in [-0.39, 0.29) is 48.3 Å². The van der Waals surface area contributed by atoms with Crippen molar-refractivity contribution in [2.45, 2.75) is 26.5 Å². The number of likely N-dealkylation sites (N-methyl/N-ethyl adjacent to an activating group) is 1. The zero-order valence-electron chi connectivity index (χ0n) is 17.6. The van der Waals surface area contributed by atoms with Gasteiger partial charge >= 0.3 is 0 Å². The molecule has 8 heteroatoms. The quantitative estimate of drug-likeness (QED) is 0.298. The van der Waals surface area contributed by atoms with Crippen molar-refractivity contribution in [3.05, 3.63) is 66.0 Å². The van der Waals surface area contributed by atoms with E-state index in [2.05, 4.69) is 15.6 Å². The van der Waals surface area contributed by atoms with Crippen LogP contribution in [-0.2, 0) is 11.3 Å². The molecule has 1 unspecified atom stereocenters. The standard InChI is InChI=1S/C22H29FN4O2.HI/c1-4-27(16-18-10-6-5-7-11-18)21(28)15-26-22(24-3)25-14-17(2)29-20-13-9-8-12-19(20)23;/h5-13,17H,4,14-16H2,1-3H3,(H2,24,25,26);1H. The minimum atomic E-state index is -0.398. The minimum absolute atomic E-state index is 0. The van der Waals surface area contributed by atoms with Crippen molar-refractivity contribution in [3.63, 3.8) is 0 Å². The Hall–Kier alpha value is -2.36. The second kappa shape index (κ2) is 13.8. The summed E-state index contributed by atoms with van der Waals surface area (Å²) in [7, 11) is 1.63. The Labute approximate surface area is 194 Å². The summed E-state index contributed by atoms with van der Waals surface area (Å²) in [4.78, 5) is 18.4. The summed E-state index contributed by atoms with van der Waals surface area (Å²) in [5.41, 5.74) is 1.09. The zero-order valence-corrected chi connectivity index (χ0v) is 19.9. The van der Waals surface area contributed by atoms with Crippen LogP contribution in [0.3, 0.4) is 0 Å². The Balaban J connectivity index is 0.00000450. The number of nitrogens with one attached hydrogen (secondary N) is 2. The highest BCUT2D eigenvalue weighted by molar-refractivity contribution is 14.0. The lowest BCUT2D eigenvalue weighted by Gasteiger charge is -2.22. The largest absolute Gasteiger partial charge is 0.486 e. The normalized spacial score (nSPS) is 11.8. The van der Waals surface area contributed by atoms with Crippen LogP contribution in [0.4, 0.5) is 4.39 Å². The smallest absolute Gasteiger partial charge is 0.242 e. The van der Waals surface area contributed by atoms with Crippen molar-refractivity contribution < 1.29 is 13.9 Å². The molecule has 0 aliphatic heterocycles. The summed E-state index contributed by atoms with van der Waals surface area (Å²) in [6, 6.07) is 16.2. The molecule has 0 radical (unpaired) electrons. The molecule has 2 N–H and O–H groups in total. The number of carbonyl (C=O) groups is 1. The highest BCUT2D eigenvalue weighted by Crippen LogP contribution is 2.16. The fourth-order valence-corrected chi connectivity index (χ4v) is 2.71. The number of para-hydroxylation sites is 1. The summed E-state index contributed by atoms with van der Waals surface area (Å²) >= 11 is 0. The van der Waals surface area contributed by atoms with Crippen LogP contribution in [-0.4, -0.2) is 49.6 Å². The van der Waals surface area contributed by atoms with Crippen molar-refractivity contribution >= 4 is 35.8 Å². The van der Waals surface area contributed by atoms with Crippen molar-refractivity contribution in [3.8, 4) is 5.75 Å². The van der Waals surface area contributed by atoms with Crippen LogP contribution < -0.4 is 15.4 Å². The number of rotatable bonds is 9. The van der Waals surface area contributed by atoms with Crippen LogP contribution in [0.1, 0.15) is 19.4 Å². The van der Waals surface area contributed by atoms with Gasteiger partial charge in [-0.05, 0) is 31.5 Å². The number of ether oxygens (including phenoxy) is 1. The molecule has 1 amide bonds. The molecule has 1 atom stereocenters. The molecule has 30 heavy (non-hydrogen) atoms. The molecule has 0 heterocycles. The molecule has 2 rings (SSSR count). The van der Waals surface area contributed by atoms with Crippen LogP contribution in [0.25, 0.3) is 0 Å². The van der Waals surface area contributed by atoms with Crippen molar-refractivity contribution in [2.24, 2.45) is 4.99 Å². The predicted molar refractivity (Wildman–Crippen MR) is 129 cm³/mol. The number of nitrogens with zero attached hydrogens (tertiary/aromatic N) is 2. The van der Waals surface area contributed by atoms with Gasteiger partial charge in [0.25, 0.3) is 0 Å². The minimum Gasteiger partial charge on any atom is -0.486 e. The first-order valence-electron chi connectivity index (χ1n) is 9.70. The summed E-state index contributed by atoms with van der Waals surface area (Å²) < 4.78 is 19.3. The van der Waals surface area contributed by atoms with E-state index in [9.17, 15) is 9.18 Å². The Bertz CT molecular complexity index is 805. The van der Waals surface area contributed by atoms with Gasteiger partial charge in [-0.15, -0.1) is 24.0 Å². The lowest BCUT2D eigenvalue weighted by molar-refractivity contribution is -0.130. The number of carbonyl (C=O) groups excluding carboxylic acids is 1. The number of benzene rings is 2. The van der Waals surface area contributed by atoms with Crippen molar-refractivity contribution in [1.29, 1.82) is 0 Å². The molecule has 0 fully saturated rings. The number of aliphatic imine (C=N–C) groups is 1. The van der Waals surface area contributed by atoms with Crippen molar-refractivity contribution in [2.75, 3.05) is 26.7 Å². The fraction of sp³-hybridized carbons (Fsp3) is 0.364. The maximum absolute atomic E-state index is 13.7. The molecule has 0 aromatic heterocycles. The summed E-state index contributed by atoms with van der Waals surface area (Å²) in [5, 5.41) is 6.11. The Morgan fingerprint density at radius 2 is 1.80 bits per heavy atom. The number of halogens is 2. The van der Waals surface area contributed by atoms with Gasteiger partial charge < -0.3 is 20.3 Å². The van der Waals surface area contributed by atoms with Crippen LogP contribution in [0, 0.1) is 5.82 Å². The van der Waals surface area contributed by atoms with Gasteiger partial charge in [0.15, 0.2) is 17.5 Å². The second-order valence-corrected chi connectivity index (χ2v) is 6.56. The van der Waals surface area contributed by atoms with Gasteiger partial charge in [-0.2, -0.15) is 0 Å². The predicted octanol–water partition coefficient (Wildman–Crippen LogP) is 3.42. The summed E-state index contributed by atoms with van der Waals surface area (Å²) in [6.07, 6.45) is -0.286. The molecule has 6 nitrogen and oxygen atoms in total. The molecule has 2 aromatic rings. The van der Waals surface area contributed by atoms with E-state index >= 15 is 0 Å². The third kappa shape index (κ3) is 8.56. The van der Waals surface area contributed by atoms with E-state index in [4.69, 9.17) is 4.74 Å². The van der Waals surface area contributed by atoms with Gasteiger partial charge in [0.05, 0.1) is 13.1 Å². The van der Waals surface area contributed by atoms with Gasteiger partial charge in [-0.25, -0.2) is 4.39 Å². The maximum Gasteiger partial charge on any atom is 0.242 e. The fourth-order valence-electron chi connectivity index (χ4n) is 2.71. The topological polar surface area (TPSA) is 66.0 Å². The maximum atomic E-state index is 13.7. The number of hydrogen-bond acceptors (Lipinski definition) is 3. The van der Waals surface area contributed by atoms with E-state index in [0.29, 0.717) is 25.6 Å². The molecule has 0 bridgehead atoms. The first-order chi connectivity index (χ1) is 14.0. The van der Waals surface area contributed by atoms with Crippen LogP contribution in [0.2, 0.25) is 0 Å². The van der Waals surface area contributed by atoms with Gasteiger partial charge in [-0.3, -0.25) is 9.79 Å². The molecular formula is C22H30FIN4O2. The van der Waals surface area contributed by atoms with Gasteiger partial charge in [0.1, 0.15) is 6.10 Å². The van der Waals surface area contributed by atoms with Gasteiger partial charge in [-0.1, -0.05) is 42.5 Å². The molecule has 2 aromatic carbocycles. The Morgan fingerprint density at radius 1 is 1.13 bits per heavy atom. The highest BCUT2D eigenvalue weighted by Gasteiger charge is 2.13. The van der Waals surface area contributed by atoms with Gasteiger partial charge in [0.2, 0.25) is 5.91 Å². The molecule has 0 spiro atoms. The molecule has 164 valence electrons. The van der Waals surface area contributed by atoms with Gasteiger partial charge in [0, 0.05) is 20.1 Å². The average Bonchev–Trinajstić information content (AvgIpc) is 2.74. The van der Waals surface area contributed by atoms with E-state index in [1.54, 1.807) is 30.1 Å². The molecule has 0 saturated carbocycles. The number of amides is 1. The lowest BCUT2D eigenvalue weighted by Crippen LogP contribution is -2.46. The van der Waals surface area contributed by atoms with Crippen LogP contribution >= 0.6 is 24.0 Å². The zero-order chi connectivity index (χ0) is 21.1. The van der Waals surface area contributed by atoms with E-state index in [1.165, 1.54) is 6.07 Å². The third-order valence-electron chi connectivity index (χ3n) is 4.30.